The molecule has 58 heavy (non-hydrogen) atoms. The number of nitrogens with zero attached hydrogens (tertiary/aromatic N) is 5. The average molecular weight is 762 g/mol. The maximum atomic E-state index is 9.80. The average Bonchev–Trinajstić information content (AvgIpc) is 4.02. The molecule has 4 aromatic heterocycles. The van der Waals surface area contributed by atoms with Gasteiger partial charge < -0.3 is 9.30 Å². The van der Waals surface area contributed by atoms with E-state index >= 15 is 0 Å². The maximum absolute atomic E-state index is 9.80. The molecule has 11 aromatic rings. The minimum absolute atomic E-state index is 0.0929. The third kappa shape index (κ3) is 5.48. The number of para-hydroxylation sites is 5. The van der Waals surface area contributed by atoms with Crippen molar-refractivity contribution in [1.29, 1.82) is 0 Å². The fourth-order valence-electron chi connectivity index (χ4n) is 7.70. The Hall–Kier alpha value is -7.44. The van der Waals surface area contributed by atoms with Gasteiger partial charge in [0.05, 0.1) is 60.9 Å². The predicted molar refractivity (Wildman–Crippen MR) is 235 cm³/mol. The summed E-state index contributed by atoms with van der Waals surface area (Å²) < 4.78 is 120. The first kappa shape index (κ1) is 23.6. The lowest BCUT2D eigenvalue weighted by atomic mass is 9.88. The Bertz CT molecular complexity index is 4050. The molecule has 7 aromatic carbocycles. The highest BCUT2D eigenvalue weighted by Gasteiger charge is 2.20. The van der Waals surface area contributed by atoms with Gasteiger partial charge in [-0.3, -0.25) is 13.7 Å². The van der Waals surface area contributed by atoms with Gasteiger partial charge in [-0.05, 0) is 95.8 Å². The highest BCUT2D eigenvalue weighted by molar-refractivity contribution is 6.10. The molecular formula is C52H39N5O. The second-order valence-electron chi connectivity index (χ2n) is 15.0. The van der Waals surface area contributed by atoms with Crippen molar-refractivity contribution in [2.75, 3.05) is 0 Å². The summed E-state index contributed by atoms with van der Waals surface area (Å²) in [6.07, 6.45) is 5.13. The number of pyridine rings is 1. The zero-order valence-electron chi connectivity index (χ0n) is 43.5. The van der Waals surface area contributed by atoms with E-state index in [1.165, 1.54) is 4.57 Å². The number of rotatable bonds is 6. The molecule has 0 aliphatic carbocycles. The van der Waals surface area contributed by atoms with Crippen LogP contribution >= 0.6 is 0 Å². The molecule has 0 unspecified atom stereocenters. The second-order valence-corrected chi connectivity index (χ2v) is 15.0. The van der Waals surface area contributed by atoms with E-state index < -0.39 is 78.2 Å². The van der Waals surface area contributed by atoms with Crippen molar-refractivity contribution in [3.8, 4) is 34.4 Å². The van der Waals surface area contributed by atoms with Gasteiger partial charge in [0.25, 0.3) is 6.33 Å². The maximum Gasteiger partial charge on any atom is 0.269 e. The fourth-order valence-corrected chi connectivity index (χ4v) is 7.70. The molecular weight excluding hydrogens is 711 g/mol. The van der Waals surface area contributed by atoms with Gasteiger partial charge in [0.15, 0.2) is 0 Å². The van der Waals surface area contributed by atoms with Crippen LogP contribution in [0.15, 0.2) is 182 Å². The molecule has 0 N–H and O–H groups in total. The van der Waals surface area contributed by atoms with Gasteiger partial charge in [-0.2, -0.15) is 0 Å². The lowest BCUT2D eigenvalue weighted by molar-refractivity contribution is -0.572. The number of aromatic nitrogens is 5. The van der Waals surface area contributed by atoms with E-state index in [2.05, 4.69) is 49.9 Å². The third-order valence-corrected chi connectivity index (χ3v) is 10.4. The summed E-state index contributed by atoms with van der Waals surface area (Å²) in [6.45, 7) is 6.51. The van der Waals surface area contributed by atoms with Gasteiger partial charge in [-0.15, -0.1) is 0 Å². The molecule has 0 radical (unpaired) electrons. The summed E-state index contributed by atoms with van der Waals surface area (Å²) in [7, 11) is 0. The molecule has 11 rings (SSSR count). The van der Waals surface area contributed by atoms with Crippen LogP contribution in [0.1, 0.15) is 42.8 Å². The van der Waals surface area contributed by atoms with Crippen LogP contribution in [0.25, 0.3) is 77.5 Å². The molecule has 0 aliphatic heterocycles. The van der Waals surface area contributed by atoms with Gasteiger partial charge in [0, 0.05) is 39.5 Å². The van der Waals surface area contributed by atoms with E-state index in [9.17, 15) is 4.11 Å². The Kier molecular flexibility index (Phi) is 5.32. The minimum atomic E-state index is -0.708. The van der Waals surface area contributed by atoms with Crippen LogP contribution in [0, 0.1) is 6.33 Å². The summed E-state index contributed by atoms with van der Waals surface area (Å²) in [4.78, 5) is 4.81. The number of hydrogen-bond donors (Lipinski definition) is 0. The van der Waals surface area contributed by atoms with Gasteiger partial charge in [-0.1, -0.05) is 106 Å². The molecule has 6 heteroatoms. The fraction of sp³-hybridized carbons (Fsp3) is 0.0769. The van der Waals surface area contributed by atoms with E-state index in [0.717, 1.165) is 37.8 Å². The van der Waals surface area contributed by atoms with E-state index in [-0.39, 0.29) is 32.9 Å². The van der Waals surface area contributed by atoms with Crippen molar-refractivity contribution >= 4 is 54.6 Å². The molecule has 0 aliphatic rings. The molecule has 0 spiro atoms. The van der Waals surface area contributed by atoms with Crippen LogP contribution in [0.5, 0.6) is 11.5 Å². The molecule has 0 amide bonds. The van der Waals surface area contributed by atoms with Crippen molar-refractivity contribution in [2.24, 2.45) is 0 Å². The Morgan fingerprint density at radius 2 is 1.34 bits per heavy atom. The van der Waals surface area contributed by atoms with E-state index in [1.54, 1.807) is 16.7 Å². The first-order chi connectivity index (χ1) is 33.4. The molecule has 4 heterocycles. The summed E-state index contributed by atoms with van der Waals surface area (Å²) in [5, 5.41) is 1.72. The molecule has 6 nitrogen and oxygen atoms in total. The molecule has 0 atom stereocenters. The lowest BCUT2D eigenvalue weighted by Crippen LogP contribution is -2.29. The van der Waals surface area contributed by atoms with E-state index in [4.69, 9.17) is 22.1 Å². The quantitative estimate of drug-likeness (QED) is 0.125. The van der Waals surface area contributed by atoms with E-state index in [1.807, 2.05) is 79.0 Å². The van der Waals surface area contributed by atoms with E-state index in [0.29, 0.717) is 28.2 Å². The SMILES string of the molecule is [2H]c1c([2H])c([2H])c(-n2c3c([2H])c([2H])c([2H])c([2H])c3c3c([2H])c(-[n+]4[c-]n(-c5cccc(Oc6ccc7c8ccccc8n(-c8cc(C(C)(C)C)ccn8)c7c6)c5)c5ccccc54)c([2H])c([2H])c32)c([2H])c1[2H]. The van der Waals surface area contributed by atoms with Crippen LogP contribution in [0.3, 0.4) is 0 Å². The highest BCUT2D eigenvalue weighted by atomic mass is 16.5. The summed E-state index contributed by atoms with van der Waals surface area (Å²) in [5.74, 6) is 1.86. The predicted octanol–water partition coefficient (Wildman–Crippen LogP) is 12.4. The molecule has 0 bridgehead atoms. The smallest absolute Gasteiger partial charge is 0.269 e. The molecule has 0 saturated carbocycles. The van der Waals surface area contributed by atoms with Gasteiger partial charge in [-0.25, -0.2) is 4.98 Å². The van der Waals surface area contributed by atoms with Crippen LogP contribution in [0.4, 0.5) is 0 Å². The molecule has 278 valence electrons. The van der Waals surface area contributed by atoms with Crippen LogP contribution < -0.4 is 9.30 Å². The number of fused-ring (bicyclic) bond motifs is 7. The van der Waals surface area contributed by atoms with Gasteiger partial charge in [0.1, 0.15) is 17.3 Å². The summed E-state index contributed by atoms with van der Waals surface area (Å²) in [5.41, 5.74) is 3.43. The summed E-state index contributed by atoms with van der Waals surface area (Å²) in [6, 6.07) is 25.4. The van der Waals surface area contributed by atoms with Crippen LogP contribution in [-0.4, -0.2) is 18.7 Å². The van der Waals surface area contributed by atoms with Gasteiger partial charge in [0.2, 0.25) is 0 Å². The first-order valence-electron chi connectivity index (χ1n) is 24.7. The third-order valence-electron chi connectivity index (χ3n) is 10.4. The van der Waals surface area contributed by atoms with Crippen molar-refractivity contribution in [2.45, 2.75) is 26.2 Å². The standard InChI is InChI=1S/C52H39N5O/c1-52(2,3)35-28-29-53-51(30-35)57-46-21-10-7-18-41(46)43-26-25-40(33-50(43)57)58-39-17-13-16-37(31-39)54-34-55(49-23-12-11-22-48(49)54)38-24-27-47-44(32-38)42-19-8-9-20-45(42)56(47)36-14-5-4-6-15-36/h4-33H,1-3H3/i4D,5D,6D,8D,9D,14D,15D,19D,20D,24D,27D,32D. The highest BCUT2D eigenvalue weighted by Crippen LogP contribution is 2.37. The van der Waals surface area contributed by atoms with Crippen LogP contribution in [0.2, 0.25) is 0 Å². The largest absolute Gasteiger partial charge is 0.458 e. The molecule has 0 saturated heterocycles. The normalized spacial score (nSPS) is 14.9. The second kappa shape index (κ2) is 13.1. The molecule has 0 fully saturated rings. The van der Waals surface area contributed by atoms with Crippen molar-refractivity contribution in [1.82, 2.24) is 18.7 Å². The zero-order valence-corrected chi connectivity index (χ0v) is 31.5. The lowest BCUT2D eigenvalue weighted by Gasteiger charge is -2.20. The number of benzene rings is 7. The summed E-state index contributed by atoms with van der Waals surface area (Å²) >= 11 is 0. The first-order valence-corrected chi connectivity index (χ1v) is 18.7. The van der Waals surface area contributed by atoms with Crippen LogP contribution in [-0.2, 0) is 5.41 Å². The topological polar surface area (TPSA) is 40.8 Å². The zero-order chi connectivity index (χ0) is 49.4. The van der Waals surface area contributed by atoms with Crippen molar-refractivity contribution < 1.29 is 25.8 Å². The minimum Gasteiger partial charge on any atom is -0.458 e. The number of hydrogen-bond acceptors (Lipinski definition) is 2. The Morgan fingerprint density at radius 3 is 2.22 bits per heavy atom. The monoisotopic (exact) mass is 761 g/mol. The van der Waals surface area contributed by atoms with Crippen molar-refractivity contribution in [3.63, 3.8) is 0 Å². The Labute approximate surface area is 352 Å². The number of ether oxygens (including phenoxy) is 1. The van der Waals surface area contributed by atoms with Gasteiger partial charge >= 0.3 is 0 Å². The Balaban J connectivity index is 1.08. The van der Waals surface area contributed by atoms with Crippen molar-refractivity contribution in [3.05, 3.63) is 194 Å². The number of imidazole rings is 1. The Morgan fingerprint density at radius 1 is 0.586 bits per heavy atom.